The Bertz CT molecular complexity index is 387. The summed E-state index contributed by atoms with van der Waals surface area (Å²) < 4.78 is 6.11. The molecular weight excluding hydrogens is 280 g/mol. The average molecular weight is 308 g/mol. The molecule has 0 aromatic carbocycles. The molecular formula is C17H28N2OS. The second kappa shape index (κ2) is 6.48. The first kappa shape index (κ1) is 15.6. The molecule has 2 aliphatic heterocycles. The van der Waals surface area contributed by atoms with Crippen LogP contribution in [-0.2, 0) is 4.74 Å². The van der Waals surface area contributed by atoms with Crippen LogP contribution in [0.2, 0.25) is 0 Å². The van der Waals surface area contributed by atoms with E-state index in [1.165, 1.54) is 44.9 Å². The normalized spacial score (nSPS) is 32.7. The number of rotatable bonds is 2. The van der Waals surface area contributed by atoms with Gasteiger partial charge in [0.25, 0.3) is 0 Å². The molecule has 3 aliphatic rings. The lowest BCUT2D eigenvalue weighted by molar-refractivity contribution is -0.125. The summed E-state index contributed by atoms with van der Waals surface area (Å²) in [6.07, 6.45) is 13.2. The van der Waals surface area contributed by atoms with Gasteiger partial charge >= 0.3 is 0 Å². The molecule has 0 radical (unpaired) electrons. The summed E-state index contributed by atoms with van der Waals surface area (Å²) in [5.41, 5.74) is 0.199. The largest absolute Gasteiger partial charge is 0.375 e. The van der Waals surface area contributed by atoms with Crippen LogP contribution < -0.4 is 0 Å². The van der Waals surface area contributed by atoms with Crippen LogP contribution in [0.15, 0.2) is 0 Å². The van der Waals surface area contributed by atoms with Gasteiger partial charge in [-0.1, -0.05) is 19.3 Å². The zero-order chi connectivity index (χ0) is 14.8. The van der Waals surface area contributed by atoms with Gasteiger partial charge in [-0.15, -0.1) is 11.8 Å². The molecule has 0 amide bonds. The lowest BCUT2D eigenvalue weighted by atomic mass is 9.77. The monoisotopic (exact) mass is 308 g/mol. The average Bonchev–Trinajstić information content (AvgIpc) is 2.56. The minimum Gasteiger partial charge on any atom is -0.375 e. The van der Waals surface area contributed by atoms with Crippen LogP contribution in [0.5, 0.6) is 0 Å². The molecule has 1 atom stereocenters. The van der Waals surface area contributed by atoms with Crippen LogP contribution >= 0.6 is 11.8 Å². The van der Waals surface area contributed by atoms with E-state index in [0.29, 0.717) is 6.04 Å². The smallest absolute Gasteiger partial charge is 0.104 e. The van der Waals surface area contributed by atoms with Crippen LogP contribution in [-0.4, -0.2) is 47.2 Å². The molecule has 21 heavy (non-hydrogen) atoms. The summed E-state index contributed by atoms with van der Waals surface area (Å²) in [5, 5.41) is 9.43. The van der Waals surface area contributed by atoms with Crippen molar-refractivity contribution in [2.45, 2.75) is 74.2 Å². The van der Waals surface area contributed by atoms with E-state index in [-0.39, 0.29) is 10.3 Å². The van der Waals surface area contributed by atoms with Gasteiger partial charge in [0.1, 0.15) is 4.75 Å². The number of hydrogen-bond donors (Lipinski definition) is 0. The Morgan fingerprint density at radius 3 is 2.48 bits per heavy atom. The summed E-state index contributed by atoms with van der Waals surface area (Å²) in [4.78, 5) is 2.66. The summed E-state index contributed by atoms with van der Waals surface area (Å²) >= 11 is 1.75. The van der Waals surface area contributed by atoms with Crippen molar-refractivity contribution >= 4 is 11.8 Å². The number of ether oxygens (including phenoxy) is 1. The van der Waals surface area contributed by atoms with Gasteiger partial charge in [0.2, 0.25) is 0 Å². The summed E-state index contributed by atoms with van der Waals surface area (Å²) in [7, 11) is 0. The predicted octanol–water partition coefficient (Wildman–Crippen LogP) is 3.59. The molecule has 3 nitrogen and oxygen atoms in total. The molecule has 118 valence electrons. The standard InChI is InChI=1S/C17H28N2OS/c1-21-17(14-18)8-10-19(11-9-17)15-5-12-20-16(13-15)6-3-2-4-7-16/h15H,2-13H2,1H3. The van der Waals surface area contributed by atoms with Crippen molar-refractivity contribution in [1.29, 1.82) is 5.26 Å². The lowest BCUT2D eigenvalue weighted by Gasteiger charge is -2.48. The molecule has 3 rings (SSSR count). The van der Waals surface area contributed by atoms with E-state index < -0.39 is 0 Å². The Morgan fingerprint density at radius 2 is 1.86 bits per heavy atom. The van der Waals surface area contributed by atoms with E-state index in [2.05, 4.69) is 17.2 Å². The molecule has 2 saturated heterocycles. The Labute approximate surface area is 133 Å². The number of piperidine rings is 1. The highest BCUT2D eigenvalue weighted by molar-refractivity contribution is 8.00. The predicted molar refractivity (Wildman–Crippen MR) is 87.5 cm³/mol. The van der Waals surface area contributed by atoms with E-state index in [9.17, 15) is 5.26 Å². The fourth-order valence-electron chi connectivity index (χ4n) is 4.47. The van der Waals surface area contributed by atoms with Crippen LogP contribution in [0, 0.1) is 11.3 Å². The quantitative estimate of drug-likeness (QED) is 0.781. The Hall–Kier alpha value is -0.240. The van der Waals surface area contributed by atoms with Crippen molar-refractivity contribution in [3.63, 3.8) is 0 Å². The van der Waals surface area contributed by atoms with E-state index >= 15 is 0 Å². The van der Waals surface area contributed by atoms with Gasteiger partial charge in [0.05, 0.1) is 11.7 Å². The fourth-order valence-corrected chi connectivity index (χ4v) is 5.15. The maximum absolute atomic E-state index is 9.43. The second-order valence-corrected chi connectivity index (χ2v) is 8.27. The van der Waals surface area contributed by atoms with Gasteiger partial charge in [-0.05, 0) is 44.8 Å². The molecule has 3 fully saturated rings. The van der Waals surface area contributed by atoms with E-state index in [1.54, 1.807) is 11.8 Å². The molecule has 1 unspecified atom stereocenters. The minimum absolute atomic E-state index is 0.121. The lowest BCUT2D eigenvalue weighted by Crippen LogP contribution is -2.53. The highest BCUT2D eigenvalue weighted by Gasteiger charge is 2.42. The molecule has 1 spiro atoms. The van der Waals surface area contributed by atoms with Crippen molar-refractivity contribution in [2.24, 2.45) is 0 Å². The van der Waals surface area contributed by atoms with Gasteiger partial charge in [-0.2, -0.15) is 5.26 Å². The number of nitrogens with zero attached hydrogens (tertiary/aromatic N) is 2. The summed E-state index contributed by atoms with van der Waals surface area (Å²) in [6.45, 7) is 3.12. The van der Waals surface area contributed by atoms with E-state index in [0.717, 1.165) is 32.5 Å². The zero-order valence-corrected chi connectivity index (χ0v) is 14.1. The third-order valence-corrected chi connectivity index (χ3v) is 7.23. The SMILES string of the molecule is CSC1(C#N)CCN(C2CCOC3(CCCCC3)C2)CC1. The van der Waals surface area contributed by atoms with Gasteiger partial charge in [-0.25, -0.2) is 0 Å². The van der Waals surface area contributed by atoms with Gasteiger partial charge in [0, 0.05) is 25.7 Å². The van der Waals surface area contributed by atoms with Crippen molar-refractivity contribution in [3.05, 3.63) is 0 Å². The van der Waals surface area contributed by atoms with Gasteiger partial charge in [-0.3, -0.25) is 0 Å². The van der Waals surface area contributed by atoms with E-state index in [4.69, 9.17) is 4.74 Å². The van der Waals surface area contributed by atoms with Crippen molar-refractivity contribution in [3.8, 4) is 6.07 Å². The first-order valence-electron chi connectivity index (χ1n) is 8.55. The minimum atomic E-state index is -0.121. The number of nitriles is 1. The molecule has 0 N–H and O–H groups in total. The molecule has 1 saturated carbocycles. The zero-order valence-electron chi connectivity index (χ0n) is 13.3. The highest BCUT2D eigenvalue weighted by atomic mass is 32.2. The number of likely N-dealkylation sites (tertiary alicyclic amines) is 1. The highest BCUT2D eigenvalue weighted by Crippen LogP contribution is 2.41. The molecule has 0 aromatic heterocycles. The van der Waals surface area contributed by atoms with E-state index in [1.807, 2.05) is 0 Å². The molecule has 2 heterocycles. The second-order valence-electron chi connectivity index (χ2n) is 7.08. The molecule has 0 aromatic rings. The van der Waals surface area contributed by atoms with Gasteiger partial charge < -0.3 is 9.64 Å². The molecule has 0 bridgehead atoms. The maximum atomic E-state index is 9.43. The number of thioether (sulfide) groups is 1. The Morgan fingerprint density at radius 1 is 1.14 bits per heavy atom. The van der Waals surface area contributed by atoms with Gasteiger partial charge in [0.15, 0.2) is 0 Å². The first-order chi connectivity index (χ1) is 10.2. The van der Waals surface area contributed by atoms with Crippen LogP contribution in [0.3, 0.4) is 0 Å². The Kier molecular flexibility index (Phi) is 4.83. The maximum Gasteiger partial charge on any atom is 0.104 e. The van der Waals surface area contributed by atoms with Crippen LogP contribution in [0.1, 0.15) is 57.8 Å². The van der Waals surface area contributed by atoms with Crippen molar-refractivity contribution in [2.75, 3.05) is 26.0 Å². The number of hydrogen-bond acceptors (Lipinski definition) is 4. The summed E-state index contributed by atoms with van der Waals surface area (Å²) in [5.74, 6) is 0. The fraction of sp³-hybridized carbons (Fsp3) is 0.941. The first-order valence-corrected chi connectivity index (χ1v) is 9.78. The van der Waals surface area contributed by atoms with Crippen molar-refractivity contribution in [1.82, 2.24) is 4.90 Å². The van der Waals surface area contributed by atoms with Crippen molar-refractivity contribution < 1.29 is 4.74 Å². The molecule has 1 aliphatic carbocycles. The topological polar surface area (TPSA) is 36.3 Å². The van der Waals surface area contributed by atoms with Crippen LogP contribution in [0.4, 0.5) is 0 Å². The molecule has 4 heteroatoms. The third-order valence-electron chi connectivity index (χ3n) is 5.95. The van der Waals surface area contributed by atoms with Crippen LogP contribution in [0.25, 0.3) is 0 Å². The third kappa shape index (κ3) is 3.25. The summed E-state index contributed by atoms with van der Waals surface area (Å²) in [6, 6.07) is 3.25. The Balaban J connectivity index is 1.59.